The van der Waals surface area contributed by atoms with E-state index >= 15 is 0 Å². The van der Waals surface area contributed by atoms with Gasteiger partial charge in [0.05, 0.1) is 18.6 Å². The molecule has 5 rings (SSSR count). The molecule has 1 unspecified atom stereocenters. The van der Waals surface area contributed by atoms with E-state index < -0.39 is 57.1 Å². The van der Waals surface area contributed by atoms with Gasteiger partial charge in [0.15, 0.2) is 0 Å². The fourth-order valence-electron chi connectivity index (χ4n) is 5.03. The average molecular weight is 599 g/mol. The summed E-state index contributed by atoms with van der Waals surface area (Å²) < 4.78 is 44.0. The Morgan fingerprint density at radius 3 is 2.57 bits per heavy atom. The van der Waals surface area contributed by atoms with Gasteiger partial charge in [-0.15, -0.1) is 6.58 Å². The molecule has 0 radical (unpaired) electrons. The first-order valence-electron chi connectivity index (χ1n) is 13.6. The zero-order chi connectivity index (χ0) is 30.4. The number of sulfonamides is 1. The molecule has 0 spiro atoms. The SMILES string of the molecule is C=C[C@@H]1C[C@]1(NC(=O)C1C[C@@H](Oc2nccc3ccc(OC)cc23)CN1C(=O)OC(C)(C)C)C(=O)NS(=O)(=O)C1=CC1. The molecule has 1 aliphatic heterocycles. The highest BCUT2D eigenvalue weighted by atomic mass is 32.2. The zero-order valence-corrected chi connectivity index (χ0v) is 24.7. The monoisotopic (exact) mass is 598 g/mol. The third-order valence-corrected chi connectivity index (χ3v) is 8.88. The Morgan fingerprint density at radius 2 is 1.95 bits per heavy atom. The molecule has 2 aliphatic carbocycles. The normalized spacial score (nSPS) is 24.8. The van der Waals surface area contributed by atoms with Crippen molar-refractivity contribution in [2.75, 3.05) is 13.7 Å². The van der Waals surface area contributed by atoms with E-state index in [9.17, 15) is 22.8 Å². The minimum absolute atomic E-state index is 0.0155. The van der Waals surface area contributed by atoms with Crippen LogP contribution in [0.3, 0.4) is 0 Å². The number of rotatable bonds is 9. The van der Waals surface area contributed by atoms with Gasteiger partial charge in [-0.3, -0.25) is 14.5 Å². The summed E-state index contributed by atoms with van der Waals surface area (Å²) in [5.41, 5.74) is -2.34. The maximum atomic E-state index is 13.7. The van der Waals surface area contributed by atoms with Crippen molar-refractivity contribution in [3.8, 4) is 11.6 Å². The lowest BCUT2D eigenvalue weighted by Crippen LogP contribution is -2.56. The van der Waals surface area contributed by atoms with Gasteiger partial charge in [-0.05, 0) is 50.8 Å². The Bertz CT molecular complexity index is 1600. The summed E-state index contributed by atoms with van der Waals surface area (Å²) in [4.78, 5) is 45.9. The lowest BCUT2D eigenvalue weighted by atomic mass is 10.1. The molecule has 0 bridgehead atoms. The first kappa shape index (κ1) is 29.4. The van der Waals surface area contributed by atoms with Gasteiger partial charge in [-0.2, -0.15) is 0 Å². The summed E-state index contributed by atoms with van der Waals surface area (Å²) >= 11 is 0. The van der Waals surface area contributed by atoms with E-state index in [1.807, 2.05) is 18.2 Å². The zero-order valence-electron chi connectivity index (χ0n) is 23.9. The van der Waals surface area contributed by atoms with E-state index in [1.165, 1.54) is 17.1 Å². The fourth-order valence-corrected chi connectivity index (χ4v) is 6.11. The lowest BCUT2D eigenvalue weighted by Gasteiger charge is -2.29. The van der Waals surface area contributed by atoms with Crippen LogP contribution in [0.5, 0.6) is 11.6 Å². The molecule has 2 heterocycles. The van der Waals surface area contributed by atoms with Crippen molar-refractivity contribution in [3.63, 3.8) is 0 Å². The number of amides is 3. The predicted octanol–water partition coefficient (Wildman–Crippen LogP) is 2.79. The number of aromatic nitrogens is 1. The second kappa shape index (κ2) is 10.6. The number of fused-ring (bicyclic) bond motifs is 1. The predicted molar refractivity (Wildman–Crippen MR) is 153 cm³/mol. The Hall–Kier alpha value is -4.13. The van der Waals surface area contributed by atoms with Gasteiger partial charge in [-0.25, -0.2) is 22.9 Å². The van der Waals surface area contributed by atoms with E-state index in [0.717, 1.165) is 5.39 Å². The Balaban J connectivity index is 1.38. The van der Waals surface area contributed by atoms with Crippen LogP contribution < -0.4 is 19.5 Å². The number of carbonyl (C=O) groups is 3. The highest BCUT2D eigenvalue weighted by molar-refractivity contribution is 7.94. The third-order valence-electron chi connectivity index (χ3n) is 7.40. The van der Waals surface area contributed by atoms with Crippen molar-refractivity contribution in [2.24, 2.45) is 5.92 Å². The average Bonchev–Trinajstić information content (AvgIpc) is 3.84. The van der Waals surface area contributed by atoms with Gasteiger partial charge >= 0.3 is 6.09 Å². The fraction of sp³-hybridized carbons (Fsp3) is 0.448. The van der Waals surface area contributed by atoms with Gasteiger partial charge in [0, 0.05) is 30.3 Å². The summed E-state index contributed by atoms with van der Waals surface area (Å²) in [7, 11) is -2.42. The highest BCUT2D eigenvalue weighted by Gasteiger charge is 2.61. The van der Waals surface area contributed by atoms with Crippen LogP contribution in [-0.2, 0) is 24.3 Å². The molecule has 1 aromatic carbocycles. The Labute approximate surface area is 244 Å². The van der Waals surface area contributed by atoms with Crippen molar-refractivity contribution >= 4 is 38.7 Å². The number of benzene rings is 1. The van der Waals surface area contributed by atoms with Gasteiger partial charge in [0.25, 0.3) is 15.9 Å². The van der Waals surface area contributed by atoms with Crippen LogP contribution in [-0.4, -0.2) is 73.1 Å². The number of likely N-dealkylation sites (tertiary alicyclic amines) is 1. The van der Waals surface area contributed by atoms with Crippen LogP contribution in [0.25, 0.3) is 10.8 Å². The van der Waals surface area contributed by atoms with Crippen molar-refractivity contribution in [3.05, 3.63) is 54.1 Å². The van der Waals surface area contributed by atoms with Crippen LogP contribution in [0, 0.1) is 5.92 Å². The molecule has 13 heteroatoms. The van der Waals surface area contributed by atoms with E-state index in [2.05, 4.69) is 21.6 Å². The van der Waals surface area contributed by atoms with Gasteiger partial charge in [-0.1, -0.05) is 18.2 Å². The molecule has 2 fully saturated rings. The van der Waals surface area contributed by atoms with Crippen molar-refractivity contribution in [1.82, 2.24) is 19.9 Å². The highest BCUT2D eigenvalue weighted by Crippen LogP contribution is 2.45. The number of hydrogen-bond donors (Lipinski definition) is 2. The van der Waals surface area contributed by atoms with Crippen LogP contribution >= 0.6 is 0 Å². The lowest BCUT2D eigenvalue weighted by molar-refractivity contribution is -0.131. The standard InChI is InChI=1S/C29H34N4O8S/c1-6-18-15-29(18,26(35)32-42(37,38)21-9-10-21)31-24(34)23-14-20(16-33(23)27(36)41-28(2,3)4)40-25-22-13-19(39-5)8-7-17(22)11-12-30-25/h6-9,11-13,18,20,23H,1,10,14-16H2,2-5H3,(H,31,34)(H,32,35)/t18-,20-,23?,29-/m1/s1. The topological polar surface area (TPSA) is 153 Å². The number of hydrogen-bond acceptors (Lipinski definition) is 9. The van der Waals surface area contributed by atoms with Crippen LogP contribution in [0.2, 0.25) is 0 Å². The largest absolute Gasteiger partial charge is 0.497 e. The number of pyridine rings is 1. The smallest absolute Gasteiger partial charge is 0.411 e. The van der Waals surface area contributed by atoms with Gasteiger partial charge < -0.3 is 19.5 Å². The summed E-state index contributed by atoms with van der Waals surface area (Å²) in [5, 5.41) is 4.29. The molecule has 1 saturated carbocycles. The molecular weight excluding hydrogens is 564 g/mol. The van der Waals surface area contributed by atoms with E-state index in [0.29, 0.717) is 17.0 Å². The molecule has 2 aromatic rings. The molecular formula is C29H34N4O8S. The quantitative estimate of drug-likeness (QED) is 0.415. The van der Waals surface area contributed by atoms with Crippen LogP contribution in [0.1, 0.15) is 40.0 Å². The van der Waals surface area contributed by atoms with Crippen molar-refractivity contribution in [1.29, 1.82) is 0 Å². The molecule has 42 heavy (non-hydrogen) atoms. The summed E-state index contributed by atoms with van der Waals surface area (Å²) in [5.74, 6) is -1.04. The van der Waals surface area contributed by atoms with Crippen LogP contribution in [0.15, 0.2) is 54.1 Å². The van der Waals surface area contributed by atoms with E-state index in [1.54, 1.807) is 40.1 Å². The molecule has 3 aliphatic rings. The maximum Gasteiger partial charge on any atom is 0.411 e. The number of nitrogens with one attached hydrogen (secondary N) is 2. The maximum absolute atomic E-state index is 13.7. The van der Waals surface area contributed by atoms with Gasteiger partial charge in [0.2, 0.25) is 11.8 Å². The van der Waals surface area contributed by atoms with Crippen molar-refractivity contribution < 1.29 is 37.0 Å². The molecule has 4 atom stereocenters. The summed E-state index contributed by atoms with van der Waals surface area (Å²) in [6.45, 7) is 8.87. The Morgan fingerprint density at radius 1 is 1.21 bits per heavy atom. The number of allylic oxidation sites excluding steroid dienone is 2. The Kier molecular flexibility index (Phi) is 7.42. The number of nitrogens with zero attached hydrogens (tertiary/aromatic N) is 2. The molecule has 1 saturated heterocycles. The summed E-state index contributed by atoms with van der Waals surface area (Å²) in [6.07, 6.45) is 3.74. The van der Waals surface area contributed by atoms with Crippen LogP contribution in [0.4, 0.5) is 4.79 Å². The first-order chi connectivity index (χ1) is 19.8. The van der Waals surface area contributed by atoms with E-state index in [4.69, 9.17) is 14.2 Å². The molecule has 3 amide bonds. The molecule has 1 aromatic heterocycles. The van der Waals surface area contributed by atoms with Crippen molar-refractivity contribution in [2.45, 2.75) is 63.3 Å². The molecule has 2 N–H and O–H groups in total. The number of methoxy groups -OCH3 is 1. The minimum Gasteiger partial charge on any atom is -0.497 e. The number of ether oxygens (including phenoxy) is 3. The second-order valence-corrected chi connectivity index (χ2v) is 13.4. The summed E-state index contributed by atoms with van der Waals surface area (Å²) in [6, 6.07) is 6.25. The van der Waals surface area contributed by atoms with E-state index in [-0.39, 0.29) is 30.7 Å². The molecule has 224 valence electrons. The minimum atomic E-state index is -3.97. The second-order valence-electron chi connectivity index (χ2n) is 11.6. The van der Waals surface area contributed by atoms with Gasteiger partial charge in [0.1, 0.15) is 29.0 Å². The number of carbonyl (C=O) groups excluding carboxylic acids is 3. The first-order valence-corrected chi connectivity index (χ1v) is 15.0. The third kappa shape index (κ3) is 5.91. The molecule has 12 nitrogen and oxygen atoms in total.